The van der Waals surface area contributed by atoms with Crippen molar-refractivity contribution in [2.24, 2.45) is 11.1 Å². The number of hydrogen-bond donors (Lipinski definition) is 2. The molecule has 0 saturated heterocycles. The molecule has 116 valence electrons. The van der Waals surface area contributed by atoms with E-state index in [9.17, 15) is 4.79 Å². The summed E-state index contributed by atoms with van der Waals surface area (Å²) in [6.45, 7) is 8.39. The van der Waals surface area contributed by atoms with Crippen LogP contribution in [0.2, 0.25) is 0 Å². The van der Waals surface area contributed by atoms with Gasteiger partial charge in [-0.3, -0.25) is 4.79 Å². The number of fused-ring (bicyclic) bond motifs is 1. The Morgan fingerprint density at radius 3 is 2.86 bits per heavy atom. The molecule has 5 nitrogen and oxygen atoms in total. The number of carbonyl (C=O) groups is 1. The quantitative estimate of drug-likeness (QED) is 0.873. The van der Waals surface area contributed by atoms with E-state index in [1.54, 1.807) is 0 Å². The van der Waals surface area contributed by atoms with Gasteiger partial charge in [0.1, 0.15) is 17.6 Å². The number of ether oxygens (including phenoxy) is 2. The Labute approximate surface area is 125 Å². The maximum absolute atomic E-state index is 12.3. The number of benzene rings is 1. The van der Waals surface area contributed by atoms with E-state index in [0.29, 0.717) is 18.0 Å². The van der Waals surface area contributed by atoms with Crippen molar-refractivity contribution in [2.45, 2.75) is 40.2 Å². The number of nitrogens with one attached hydrogen (secondary N) is 1. The number of carbonyl (C=O) groups excluding carboxylic acids is 1. The van der Waals surface area contributed by atoms with Gasteiger partial charge in [-0.1, -0.05) is 0 Å². The molecule has 1 heterocycles. The molecule has 1 atom stereocenters. The summed E-state index contributed by atoms with van der Waals surface area (Å²) in [5, 5.41) is 2.91. The van der Waals surface area contributed by atoms with Crippen molar-refractivity contribution in [3.63, 3.8) is 0 Å². The van der Waals surface area contributed by atoms with Gasteiger partial charge in [-0.05, 0) is 33.8 Å². The fourth-order valence-corrected chi connectivity index (χ4v) is 2.20. The van der Waals surface area contributed by atoms with Crippen molar-refractivity contribution in [3.8, 4) is 11.5 Å². The van der Waals surface area contributed by atoms with E-state index in [2.05, 4.69) is 5.32 Å². The Hall–Kier alpha value is -1.75. The Kier molecular flexibility index (Phi) is 4.42. The summed E-state index contributed by atoms with van der Waals surface area (Å²) in [6, 6.07) is 3.79. The molecule has 0 saturated carbocycles. The maximum Gasteiger partial charge on any atom is 0.231 e. The van der Waals surface area contributed by atoms with E-state index in [1.807, 2.05) is 39.8 Å². The van der Waals surface area contributed by atoms with E-state index in [1.165, 1.54) is 0 Å². The highest BCUT2D eigenvalue weighted by Gasteiger charge is 2.28. The van der Waals surface area contributed by atoms with Crippen LogP contribution in [-0.4, -0.2) is 25.2 Å². The van der Waals surface area contributed by atoms with Crippen LogP contribution in [0.15, 0.2) is 12.1 Å². The van der Waals surface area contributed by atoms with Gasteiger partial charge in [0.25, 0.3) is 0 Å². The second kappa shape index (κ2) is 5.93. The molecular formula is C16H24N2O3. The largest absolute Gasteiger partial charge is 0.492 e. The van der Waals surface area contributed by atoms with Crippen molar-refractivity contribution in [3.05, 3.63) is 17.7 Å². The SMILES string of the molecule is CCOc1cc2c(cc1NC(=O)C(C)(C)CN)OC(C)C2. The van der Waals surface area contributed by atoms with E-state index in [4.69, 9.17) is 15.2 Å². The zero-order valence-corrected chi connectivity index (χ0v) is 13.2. The van der Waals surface area contributed by atoms with Gasteiger partial charge in [-0.15, -0.1) is 0 Å². The lowest BCUT2D eigenvalue weighted by molar-refractivity contribution is -0.123. The number of hydrogen-bond acceptors (Lipinski definition) is 4. The van der Waals surface area contributed by atoms with E-state index >= 15 is 0 Å². The second-order valence-corrected chi connectivity index (χ2v) is 6.06. The van der Waals surface area contributed by atoms with Crippen molar-refractivity contribution >= 4 is 11.6 Å². The van der Waals surface area contributed by atoms with E-state index in [0.717, 1.165) is 17.7 Å². The first kappa shape index (κ1) is 15.6. The van der Waals surface area contributed by atoms with Gasteiger partial charge >= 0.3 is 0 Å². The molecule has 21 heavy (non-hydrogen) atoms. The molecule has 0 fully saturated rings. The molecule has 1 aromatic carbocycles. The summed E-state index contributed by atoms with van der Waals surface area (Å²) in [7, 11) is 0. The fraction of sp³-hybridized carbons (Fsp3) is 0.562. The van der Waals surface area contributed by atoms with E-state index < -0.39 is 5.41 Å². The Balaban J connectivity index is 2.30. The van der Waals surface area contributed by atoms with Crippen molar-refractivity contribution in [1.29, 1.82) is 0 Å². The molecule has 1 aliphatic rings. The topological polar surface area (TPSA) is 73.6 Å². The summed E-state index contributed by atoms with van der Waals surface area (Å²) < 4.78 is 11.4. The molecule has 3 N–H and O–H groups in total. The van der Waals surface area contributed by atoms with Crippen LogP contribution in [0.5, 0.6) is 11.5 Å². The van der Waals surface area contributed by atoms with Crippen LogP contribution in [0.1, 0.15) is 33.3 Å². The first-order valence-electron chi connectivity index (χ1n) is 7.35. The van der Waals surface area contributed by atoms with Gasteiger partial charge < -0.3 is 20.5 Å². The minimum atomic E-state index is -0.628. The summed E-state index contributed by atoms with van der Waals surface area (Å²) in [4.78, 5) is 12.3. The van der Waals surface area contributed by atoms with Crippen LogP contribution < -0.4 is 20.5 Å². The average molecular weight is 292 g/mol. The van der Waals surface area contributed by atoms with Gasteiger partial charge in [0.2, 0.25) is 5.91 Å². The highest BCUT2D eigenvalue weighted by molar-refractivity contribution is 5.96. The number of amides is 1. The highest BCUT2D eigenvalue weighted by atomic mass is 16.5. The van der Waals surface area contributed by atoms with Crippen LogP contribution in [0.3, 0.4) is 0 Å². The molecule has 0 aliphatic carbocycles. The lowest BCUT2D eigenvalue weighted by Gasteiger charge is -2.22. The summed E-state index contributed by atoms with van der Waals surface area (Å²) in [5.74, 6) is 1.36. The molecule has 0 spiro atoms. The molecule has 0 bridgehead atoms. The van der Waals surface area contributed by atoms with Crippen molar-refractivity contribution in [2.75, 3.05) is 18.5 Å². The third kappa shape index (κ3) is 3.29. The van der Waals surface area contributed by atoms with Crippen LogP contribution in [-0.2, 0) is 11.2 Å². The highest BCUT2D eigenvalue weighted by Crippen LogP contribution is 2.38. The van der Waals surface area contributed by atoms with Gasteiger partial charge in [-0.2, -0.15) is 0 Å². The van der Waals surface area contributed by atoms with Gasteiger partial charge in [0, 0.05) is 24.6 Å². The lowest BCUT2D eigenvalue weighted by Crippen LogP contribution is -2.37. The third-order valence-electron chi connectivity index (χ3n) is 3.67. The van der Waals surface area contributed by atoms with Crippen molar-refractivity contribution < 1.29 is 14.3 Å². The minimum Gasteiger partial charge on any atom is -0.492 e. The minimum absolute atomic E-state index is 0.128. The van der Waals surface area contributed by atoms with Gasteiger partial charge in [-0.25, -0.2) is 0 Å². The zero-order chi connectivity index (χ0) is 15.6. The molecule has 1 aliphatic heterocycles. The first-order valence-corrected chi connectivity index (χ1v) is 7.35. The van der Waals surface area contributed by atoms with Crippen LogP contribution in [0.4, 0.5) is 5.69 Å². The molecule has 0 radical (unpaired) electrons. The molecular weight excluding hydrogens is 268 g/mol. The molecule has 1 amide bonds. The first-order chi connectivity index (χ1) is 9.87. The fourth-order valence-electron chi connectivity index (χ4n) is 2.20. The smallest absolute Gasteiger partial charge is 0.231 e. The van der Waals surface area contributed by atoms with Gasteiger partial charge in [0.15, 0.2) is 0 Å². The molecule has 1 unspecified atom stereocenters. The average Bonchev–Trinajstić information content (AvgIpc) is 2.78. The summed E-state index contributed by atoms with van der Waals surface area (Å²) in [5.41, 5.74) is 6.77. The van der Waals surface area contributed by atoms with Crippen LogP contribution in [0.25, 0.3) is 0 Å². The second-order valence-electron chi connectivity index (χ2n) is 6.06. The molecule has 5 heteroatoms. The predicted octanol–water partition coefficient (Wildman–Crippen LogP) is 2.33. The standard InChI is InChI=1S/C16H24N2O3/c1-5-20-14-7-11-6-10(2)21-13(11)8-12(14)18-15(19)16(3,4)9-17/h7-8,10H,5-6,9,17H2,1-4H3,(H,18,19). The molecule has 2 rings (SSSR count). The summed E-state index contributed by atoms with van der Waals surface area (Å²) in [6.07, 6.45) is 1.01. The van der Waals surface area contributed by atoms with Crippen LogP contribution in [0, 0.1) is 5.41 Å². The Morgan fingerprint density at radius 1 is 1.52 bits per heavy atom. The number of nitrogens with two attached hydrogens (primary N) is 1. The van der Waals surface area contributed by atoms with Crippen LogP contribution >= 0.6 is 0 Å². The third-order valence-corrected chi connectivity index (χ3v) is 3.67. The monoisotopic (exact) mass is 292 g/mol. The Morgan fingerprint density at radius 2 is 2.24 bits per heavy atom. The molecule has 1 aromatic rings. The number of anilines is 1. The number of rotatable bonds is 5. The lowest BCUT2D eigenvalue weighted by atomic mass is 9.92. The van der Waals surface area contributed by atoms with Crippen molar-refractivity contribution in [1.82, 2.24) is 0 Å². The summed E-state index contributed by atoms with van der Waals surface area (Å²) >= 11 is 0. The normalized spacial score (nSPS) is 17.1. The molecule has 0 aromatic heterocycles. The predicted molar refractivity (Wildman–Crippen MR) is 82.9 cm³/mol. The Bertz CT molecular complexity index is 541. The maximum atomic E-state index is 12.3. The van der Waals surface area contributed by atoms with E-state index in [-0.39, 0.29) is 18.6 Å². The van der Waals surface area contributed by atoms with Gasteiger partial charge in [0.05, 0.1) is 17.7 Å². The zero-order valence-electron chi connectivity index (χ0n) is 13.2.